The Bertz CT molecular complexity index is 441. The van der Waals surface area contributed by atoms with Gasteiger partial charge in [-0.25, -0.2) is 4.79 Å². The Balaban J connectivity index is 2.58. The molecule has 1 aromatic carbocycles. The third-order valence-electron chi connectivity index (χ3n) is 3.53. The number of nitrogens with one attached hydrogen (secondary N) is 2. The van der Waals surface area contributed by atoms with Crippen molar-refractivity contribution in [1.29, 1.82) is 0 Å². The number of hydrogen-bond donors (Lipinski definition) is 2. The van der Waals surface area contributed by atoms with E-state index in [1.807, 2.05) is 19.1 Å². The number of urea groups is 1. The van der Waals surface area contributed by atoms with Crippen LogP contribution < -0.4 is 10.6 Å². The number of rotatable bonds is 6. The first-order valence-corrected chi connectivity index (χ1v) is 7.60. The summed E-state index contributed by atoms with van der Waals surface area (Å²) in [4.78, 5) is 12.1. The molecule has 1 rings (SSSR count). The van der Waals surface area contributed by atoms with Crippen LogP contribution in [0.15, 0.2) is 18.2 Å². The smallest absolute Gasteiger partial charge is 0.319 e. The van der Waals surface area contributed by atoms with Crippen LogP contribution in [0.5, 0.6) is 0 Å². The van der Waals surface area contributed by atoms with Crippen molar-refractivity contribution in [3.05, 3.63) is 29.3 Å². The van der Waals surface area contributed by atoms with Gasteiger partial charge in [-0.05, 0) is 50.2 Å². The maximum absolute atomic E-state index is 12.1. The van der Waals surface area contributed by atoms with Crippen LogP contribution in [0.3, 0.4) is 0 Å². The summed E-state index contributed by atoms with van der Waals surface area (Å²) < 4.78 is 0. The van der Waals surface area contributed by atoms with Gasteiger partial charge in [0.1, 0.15) is 0 Å². The van der Waals surface area contributed by atoms with E-state index in [-0.39, 0.29) is 12.1 Å². The molecule has 1 unspecified atom stereocenters. The average Bonchev–Trinajstić information content (AvgIpc) is 2.38. The van der Waals surface area contributed by atoms with Gasteiger partial charge in [0.25, 0.3) is 0 Å². The molecule has 0 spiro atoms. The van der Waals surface area contributed by atoms with Gasteiger partial charge in [0.05, 0.1) is 0 Å². The summed E-state index contributed by atoms with van der Waals surface area (Å²) in [6.45, 7) is 10.6. The molecule has 3 heteroatoms. The second kappa shape index (κ2) is 7.93. The quantitative estimate of drug-likeness (QED) is 0.789. The van der Waals surface area contributed by atoms with Crippen molar-refractivity contribution in [2.24, 2.45) is 5.92 Å². The van der Waals surface area contributed by atoms with E-state index in [0.717, 1.165) is 30.5 Å². The number of amides is 2. The molecule has 0 heterocycles. The van der Waals surface area contributed by atoms with Gasteiger partial charge in [-0.1, -0.05) is 39.0 Å². The average molecular weight is 276 g/mol. The molecule has 0 saturated heterocycles. The van der Waals surface area contributed by atoms with Crippen LogP contribution in [0, 0.1) is 12.8 Å². The van der Waals surface area contributed by atoms with Gasteiger partial charge in [0.15, 0.2) is 0 Å². The molecule has 0 radical (unpaired) electrons. The summed E-state index contributed by atoms with van der Waals surface area (Å²) in [5.41, 5.74) is 3.23. The molecule has 20 heavy (non-hydrogen) atoms. The minimum atomic E-state index is -0.106. The van der Waals surface area contributed by atoms with Gasteiger partial charge in [-0.15, -0.1) is 0 Å². The van der Waals surface area contributed by atoms with Crippen LogP contribution >= 0.6 is 0 Å². The fourth-order valence-corrected chi connectivity index (χ4v) is 2.23. The number of benzene rings is 1. The van der Waals surface area contributed by atoms with Gasteiger partial charge in [0.2, 0.25) is 0 Å². The topological polar surface area (TPSA) is 41.1 Å². The molecule has 0 saturated carbocycles. The summed E-state index contributed by atoms with van der Waals surface area (Å²) in [5.74, 6) is 0.672. The maximum atomic E-state index is 12.1. The zero-order chi connectivity index (χ0) is 15.1. The molecular weight excluding hydrogens is 248 g/mol. The number of hydrogen-bond acceptors (Lipinski definition) is 1. The highest BCUT2D eigenvalue weighted by atomic mass is 16.2. The third kappa shape index (κ3) is 5.24. The lowest BCUT2D eigenvalue weighted by Gasteiger charge is -2.18. The first kappa shape index (κ1) is 16.5. The van der Waals surface area contributed by atoms with Gasteiger partial charge < -0.3 is 10.6 Å². The molecular formula is C17H28N2O. The van der Waals surface area contributed by atoms with Crippen molar-refractivity contribution < 1.29 is 4.79 Å². The fourth-order valence-electron chi connectivity index (χ4n) is 2.23. The Morgan fingerprint density at radius 2 is 1.90 bits per heavy atom. The predicted octanol–water partition coefficient (Wildman–Crippen LogP) is 4.50. The van der Waals surface area contributed by atoms with E-state index in [9.17, 15) is 4.79 Å². The van der Waals surface area contributed by atoms with Crippen molar-refractivity contribution in [2.75, 3.05) is 5.32 Å². The van der Waals surface area contributed by atoms with E-state index < -0.39 is 0 Å². The molecule has 0 bridgehead atoms. The lowest BCUT2D eigenvalue weighted by Crippen LogP contribution is -2.36. The largest absolute Gasteiger partial charge is 0.335 e. The van der Waals surface area contributed by atoms with E-state index in [2.05, 4.69) is 44.4 Å². The van der Waals surface area contributed by atoms with E-state index in [1.54, 1.807) is 0 Å². The molecule has 0 aliphatic rings. The zero-order valence-corrected chi connectivity index (χ0v) is 13.4. The number of para-hydroxylation sites is 1. The first-order valence-electron chi connectivity index (χ1n) is 7.60. The molecule has 1 aromatic rings. The maximum Gasteiger partial charge on any atom is 0.319 e. The summed E-state index contributed by atoms with van der Waals surface area (Å²) in [5, 5.41) is 6.01. The SMILES string of the molecule is CCc1cccc(C)c1NC(=O)NC(C)CCC(C)C. The number of carbonyl (C=O) groups is 1. The molecule has 3 nitrogen and oxygen atoms in total. The second-order valence-corrected chi connectivity index (χ2v) is 5.93. The molecule has 0 aliphatic heterocycles. The summed E-state index contributed by atoms with van der Waals surface area (Å²) >= 11 is 0. The van der Waals surface area contributed by atoms with Gasteiger partial charge in [-0.3, -0.25) is 0 Å². The van der Waals surface area contributed by atoms with E-state index in [4.69, 9.17) is 0 Å². The van der Waals surface area contributed by atoms with Crippen molar-refractivity contribution in [3.8, 4) is 0 Å². The van der Waals surface area contributed by atoms with E-state index in [1.165, 1.54) is 5.56 Å². The fraction of sp³-hybridized carbons (Fsp3) is 0.588. The Hall–Kier alpha value is -1.51. The van der Waals surface area contributed by atoms with Crippen molar-refractivity contribution in [1.82, 2.24) is 5.32 Å². The minimum absolute atomic E-state index is 0.106. The van der Waals surface area contributed by atoms with E-state index in [0.29, 0.717) is 5.92 Å². The molecule has 1 atom stereocenters. The van der Waals surface area contributed by atoms with Crippen molar-refractivity contribution in [2.45, 2.75) is 59.9 Å². The lowest BCUT2D eigenvalue weighted by atomic mass is 10.0. The second-order valence-electron chi connectivity index (χ2n) is 5.93. The van der Waals surface area contributed by atoms with Crippen LogP contribution in [0.25, 0.3) is 0 Å². The monoisotopic (exact) mass is 276 g/mol. The number of carbonyl (C=O) groups excluding carboxylic acids is 1. The third-order valence-corrected chi connectivity index (χ3v) is 3.53. The molecule has 2 N–H and O–H groups in total. The standard InChI is InChI=1S/C17H28N2O/c1-6-15-9-7-8-13(4)16(15)19-17(20)18-14(5)11-10-12(2)3/h7-9,12,14H,6,10-11H2,1-5H3,(H2,18,19,20). The highest BCUT2D eigenvalue weighted by Gasteiger charge is 2.11. The van der Waals surface area contributed by atoms with Gasteiger partial charge in [-0.2, -0.15) is 0 Å². The number of aryl methyl sites for hydroxylation is 2. The van der Waals surface area contributed by atoms with Crippen LogP contribution in [0.1, 0.15) is 51.7 Å². The molecule has 112 valence electrons. The highest BCUT2D eigenvalue weighted by Crippen LogP contribution is 2.20. The Morgan fingerprint density at radius 1 is 1.20 bits per heavy atom. The molecule has 0 aliphatic carbocycles. The zero-order valence-electron chi connectivity index (χ0n) is 13.4. The molecule has 0 aromatic heterocycles. The normalized spacial score (nSPS) is 12.3. The van der Waals surface area contributed by atoms with Gasteiger partial charge >= 0.3 is 6.03 Å². The molecule has 2 amide bonds. The summed E-state index contributed by atoms with van der Waals surface area (Å²) in [7, 11) is 0. The van der Waals surface area contributed by atoms with Crippen molar-refractivity contribution >= 4 is 11.7 Å². The Kier molecular flexibility index (Phi) is 6.56. The van der Waals surface area contributed by atoms with Crippen LogP contribution in [-0.2, 0) is 6.42 Å². The Labute approximate surface area is 123 Å². The van der Waals surface area contributed by atoms with Crippen LogP contribution in [-0.4, -0.2) is 12.1 Å². The number of anilines is 1. The minimum Gasteiger partial charge on any atom is -0.335 e. The first-order chi connectivity index (χ1) is 9.43. The van der Waals surface area contributed by atoms with Gasteiger partial charge in [0, 0.05) is 11.7 Å². The van der Waals surface area contributed by atoms with Crippen LogP contribution in [0.2, 0.25) is 0 Å². The van der Waals surface area contributed by atoms with Crippen molar-refractivity contribution in [3.63, 3.8) is 0 Å². The predicted molar refractivity (Wildman–Crippen MR) is 86.2 cm³/mol. The summed E-state index contributed by atoms with van der Waals surface area (Å²) in [6, 6.07) is 6.21. The lowest BCUT2D eigenvalue weighted by molar-refractivity contribution is 0.248. The Morgan fingerprint density at radius 3 is 2.50 bits per heavy atom. The molecule has 0 fully saturated rings. The highest BCUT2D eigenvalue weighted by molar-refractivity contribution is 5.91. The van der Waals surface area contributed by atoms with E-state index >= 15 is 0 Å². The summed E-state index contributed by atoms with van der Waals surface area (Å²) in [6.07, 6.45) is 3.06. The van der Waals surface area contributed by atoms with Crippen LogP contribution in [0.4, 0.5) is 10.5 Å².